The van der Waals surface area contributed by atoms with Crippen LogP contribution in [0, 0.1) is 6.07 Å². The third-order valence-corrected chi connectivity index (χ3v) is 2.07. The smallest absolute Gasteiger partial charge is 0.0444 e. The Morgan fingerprint density at radius 2 is 2.40 bits per heavy atom. The monoisotopic (exact) mass is 149 g/mol. The molecule has 0 spiro atoms. The standard InChI is InChI=1S/C9H6Cl/c10-9-6-5-7-3-1-2-4-8(7)9/h1,3-4,6H,5H2. The maximum absolute atomic E-state index is 5.88. The number of benzene rings is 1. The van der Waals surface area contributed by atoms with E-state index in [0.29, 0.717) is 0 Å². The van der Waals surface area contributed by atoms with E-state index < -0.39 is 0 Å². The molecule has 0 nitrogen and oxygen atoms in total. The van der Waals surface area contributed by atoms with Gasteiger partial charge in [-0.05, 0) is 29.7 Å². The lowest BCUT2D eigenvalue weighted by atomic mass is 10.1. The van der Waals surface area contributed by atoms with E-state index in [1.54, 1.807) is 0 Å². The molecule has 0 aliphatic heterocycles. The molecule has 0 amide bonds. The van der Waals surface area contributed by atoms with Crippen LogP contribution < -0.4 is 0 Å². The van der Waals surface area contributed by atoms with Crippen molar-refractivity contribution >= 4 is 16.6 Å². The third kappa shape index (κ3) is 0.764. The zero-order valence-electron chi connectivity index (χ0n) is 5.39. The molecule has 0 saturated heterocycles. The topological polar surface area (TPSA) is 0 Å². The minimum Gasteiger partial charge on any atom is -0.0840 e. The zero-order valence-corrected chi connectivity index (χ0v) is 6.15. The van der Waals surface area contributed by atoms with Gasteiger partial charge in [0.05, 0.1) is 0 Å². The molecular formula is C9H6Cl. The van der Waals surface area contributed by atoms with Crippen molar-refractivity contribution in [2.45, 2.75) is 6.42 Å². The van der Waals surface area contributed by atoms with E-state index in [0.717, 1.165) is 17.0 Å². The Morgan fingerprint density at radius 1 is 1.50 bits per heavy atom. The highest BCUT2D eigenvalue weighted by atomic mass is 35.5. The van der Waals surface area contributed by atoms with Gasteiger partial charge in [-0.2, -0.15) is 0 Å². The molecule has 0 unspecified atom stereocenters. The van der Waals surface area contributed by atoms with Gasteiger partial charge in [0.2, 0.25) is 0 Å². The largest absolute Gasteiger partial charge is 0.0840 e. The second-order valence-corrected chi connectivity index (χ2v) is 2.75. The normalized spacial score (nSPS) is 14.7. The molecule has 49 valence electrons. The summed E-state index contributed by atoms with van der Waals surface area (Å²) in [6.45, 7) is 0. The first-order chi connectivity index (χ1) is 4.88. The van der Waals surface area contributed by atoms with E-state index in [2.05, 4.69) is 12.1 Å². The van der Waals surface area contributed by atoms with Gasteiger partial charge in [-0.1, -0.05) is 29.8 Å². The first kappa shape index (κ1) is 5.99. The molecule has 1 aromatic carbocycles. The summed E-state index contributed by atoms with van der Waals surface area (Å²) in [5, 5.41) is 0.867. The fourth-order valence-corrected chi connectivity index (χ4v) is 1.43. The van der Waals surface area contributed by atoms with Crippen LogP contribution in [0.4, 0.5) is 0 Å². The molecule has 0 atom stereocenters. The molecule has 2 rings (SSSR count). The highest BCUT2D eigenvalue weighted by Gasteiger charge is 2.09. The van der Waals surface area contributed by atoms with Crippen molar-refractivity contribution in [3.8, 4) is 0 Å². The van der Waals surface area contributed by atoms with Crippen LogP contribution in [0.3, 0.4) is 0 Å². The molecule has 1 aliphatic carbocycles. The van der Waals surface area contributed by atoms with Crippen molar-refractivity contribution in [3.63, 3.8) is 0 Å². The van der Waals surface area contributed by atoms with Crippen molar-refractivity contribution in [2.24, 2.45) is 0 Å². The maximum atomic E-state index is 5.88. The van der Waals surface area contributed by atoms with Gasteiger partial charge < -0.3 is 0 Å². The van der Waals surface area contributed by atoms with Crippen LogP contribution in [0.2, 0.25) is 0 Å². The number of allylic oxidation sites excluding steroid dienone is 1. The fourth-order valence-electron chi connectivity index (χ4n) is 1.17. The van der Waals surface area contributed by atoms with Gasteiger partial charge in [0, 0.05) is 5.03 Å². The molecule has 1 aromatic rings. The van der Waals surface area contributed by atoms with Gasteiger partial charge in [-0.15, -0.1) is 0 Å². The van der Waals surface area contributed by atoms with Crippen LogP contribution in [0.15, 0.2) is 24.3 Å². The summed E-state index contributed by atoms with van der Waals surface area (Å²) in [5.41, 5.74) is 2.45. The second-order valence-electron chi connectivity index (χ2n) is 2.34. The minimum atomic E-state index is 0.867. The van der Waals surface area contributed by atoms with E-state index in [1.165, 1.54) is 5.56 Å². The Morgan fingerprint density at radius 3 is 3.20 bits per heavy atom. The Balaban J connectivity index is 2.61. The van der Waals surface area contributed by atoms with Crippen LogP contribution in [0.5, 0.6) is 0 Å². The van der Waals surface area contributed by atoms with Crippen LogP contribution in [0.1, 0.15) is 11.1 Å². The fraction of sp³-hybridized carbons (Fsp3) is 0.111. The van der Waals surface area contributed by atoms with Gasteiger partial charge >= 0.3 is 0 Å². The average Bonchev–Trinajstić information content (AvgIpc) is 2.34. The predicted molar refractivity (Wildman–Crippen MR) is 42.8 cm³/mol. The van der Waals surface area contributed by atoms with Crippen molar-refractivity contribution in [1.29, 1.82) is 0 Å². The van der Waals surface area contributed by atoms with Gasteiger partial charge in [-0.25, -0.2) is 0 Å². The van der Waals surface area contributed by atoms with Crippen LogP contribution in [-0.2, 0) is 6.42 Å². The summed E-state index contributed by atoms with van der Waals surface area (Å²) >= 11 is 5.88. The summed E-state index contributed by atoms with van der Waals surface area (Å²) in [7, 11) is 0. The summed E-state index contributed by atoms with van der Waals surface area (Å²) in [5.74, 6) is 0. The minimum absolute atomic E-state index is 0.867. The van der Waals surface area contributed by atoms with E-state index in [9.17, 15) is 0 Å². The third-order valence-electron chi connectivity index (χ3n) is 1.71. The lowest BCUT2D eigenvalue weighted by Gasteiger charge is -1.95. The van der Waals surface area contributed by atoms with Crippen LogP contribution >= 0.6 is 11.6 Å². The summed E-state index contributed by atoms with van der Waals surface area (Å²) in [6.07, 6.45) is 3.00. The van der Waals surface area contributed by atoms with E-state index in [-0.39, 0.29) is 0 Å². The number of hydrogen-bond acceptors (Lipinski definition) is 0. The molecule has 0 heterocycles. The van der Waals surface area contributed by atoms with Gasteiger partial charge in [0.25, 0.3) is 0 Å². The number of hydrogen-bond donors (Lipinski definition) is 0. The first-order valence-corrected chi connectivity index (χ1v) is 3.61. The second kappa shape index (κ2) is 2.14. The molecule has 0 saturated carbocycles. The van der Waals surface area contributed by atoms with Crippen molar-refractivity contribution in [3.05, 3.63) is 41.5 Å². The Kier molecular flexibility index (Phi) is 1.28. The SMILES string of the molecule is ClC1=CCc2cc[c]cc21. The maximum Gasteiger partial charge on any atom is 0.0444 e. The molecule has 10 heavy (non-hydrogen) atoms. The average molecular weight is 150 g/mol. The van der Waals surface area contributed by atoms with Crippen molar-refractivity contribution in [2.75, 3.05) is 0 Å². The molecule has 0 bridgehead atoms. The quantitative estimate of drug-likeness (QED) is 0.532. The van der Waals surface area contributed by atoms with E-state index in [1.807, 2.05) is 18.2 Å². The molecule has 1 aliphatic rings. The van der Waals surface area contributed by atoms with E-state index in [4.69, 9.17) is 11.6 Å². The molecule has 0 aromatic heterocycles. The molecule has 0 N–H and O–H groups in total. The van der Waals surface area contributed by atoms with Gasteiger partial charge in [-0.3, -0.25) is 0 Å². The Labute approximate surface area is 65.1 Å². The van der Waals surface area contributed by atoms with Gasteiger partial charge in [0.1, 0.15) is 0 Å². The lowest BCUT2D eigenvalue weighted by Crippen LogP contribution is -1.78. The van der Waals surface area contributed by atoms with Crippen molar-refractivity contribution in [1.82, 2.24) is 0 Å². The zero-order chi connectivity index (χ0) is 6.97. The molecule has 0 fully saturated rings. The number of fused-ring (bicyclic) bond motifs is 1. The summed E-state index contributed by atoms with van der Waals surface area (Å²) in [4.78, 5) is 0. The highest BCUT2D eigenvalue weighted by molar-refractivity contribution is 6.49. The van der Waals surface area contributed by atoms with Gasteiger partial charge in [0.15, 0.2) is 0 Å². The molecular weight excluding hydrogens is 144 g/mol. The summed E-state index contributed by atoms with van der Waals surface area (Å²) in [6, 6.07) is 8.91. The van der Waals surface area contributed by atoms with Crippen molar-refractivity contribution < 1.29 is 0 Å². The Hall–Kier alpha value is -0.750. The number of halogens is 1. The highest BCUT2D eigenvalue weighted by Crippen LogP contribution is 2.29. The lowest BCUT2D eigenvalue weighted by molar-refractivity contribution is 1.31. The molecule has 1 radical (unpaired) electrons. The Bertz CT molecular complexity index is 287. The van der Waals surface area contributed by atoms with Crippen LogP contribution in [0.25, 0.3) is 5.03 Å². The molecule has 1 heteroatoms. The summed E-state index contributed by atoms with van der Waals surface area (Å²) < 4.78 is 0. The number of rotatable bonds is 0. The van der Waals surface area contributed by atoms with Crippen LogP contribution in [-0.4, -0.2) is 0 Å². The first-order valence-electron chi connectivity index (χ1n) is 3.23. The van der Waals surface area contributed by atoms with E-state index >= 15 is 0 Å². The predicted octanol–water partition coefficient (Wildman–Crippen LogP) is 2.62.